The molecule has 0 atom stereocenters. The molecule has 2 heterocycles. The van der Waals surface area contributed by atoms with Crippen LogP contribution in [0.4, 0.5) is 5.82 Å². The van der Waals surface area contributed by atoms with Gasteiger partial charge in [0.2, 0.25) is 5.88 Å². The summed E-state index contributed by atoms with van der Waals surface area (Å²) in [4.78, 5) is 33.3. The maximum atomic E-state index is 13.1. The van der Waals surface area contributed by atoms with Gasteiger partial charge in [-0.1, -0.05) is 35.5 Å². The van der Waals surface area contributed by atoms with Crippen LogP contribution in [0.25, 0.3) is 10.8 Å². The zero-order chi connectivity index (χ0) is 21.8. The Kier molecular flexibility index (Phi) is 5.52. The van der Waals surface area contributed by atoms with Crippen molar-refractivity contribution >= 4 is 28.5 Å². The van der Waals surface area contributed by atoms with Crippen molar-refractivity contribution in [3.8, 4) is 5.88 Å². The number of aromatic nitrogens is 5. The molecule has 4 aromatic rings. The lowest BCUT2D eigenvalue weighted by atomic mass is 9.99. The molecule has 0 spiro atoms. The van der Waals surface area contributed by atoms with Crippen molar-refractivity contribution in [2.75, 3.05) is 19.5 Å². The van der Waals surface area contributed by atoms with Crippen LogP contribution in [0, 0.1) is 0 Å². The lowest BCUT2D eigenvalue weighted by Crippen LogP contribution is -2.18. The molecule has 156 valence electrons. The van der Waals surface area contributed by atoms with Crippen molar-refractivity contribution in [1.82, 2.24) is 25.0 Å². The molecule has 10 nitrogen and oxygen atoms in total. The van der Waals surface area contributed by atoms with Crippen molar-refractivity contribution in [3.63, 3.8) is 0 Å². The zero-order valence-corrected chi connectivity index (χ0v) is 16.8. The van der Waals surface area contributed by atoms with Gasteiger partial charge in [-0.3, -0.25) is 4.79 Å². The third kappa shape index (κ3) is 4.04. The third-order valence-corrected chi connectivity index (χ3v) is 4.63. The lowest BCUT2D eigenvalue weighted by Gasteiger charge is -2.13. The fraction of sp³-hybridized carbons (Fsp3) is 0.143. The van der Waals surface area contributed by atoms with Gasteiger partial charge in [0, 0.05) is 11.8 Å². The number of anilines is 1. The van der Waals surface area contributed by atoms with Gasteiger partial charge in [0.15, 0.2) is 11.5 Å². The number of ether oxygens (including phenoxy) is 2. The van der Waals surface area contributed by atoms with E-state index in [1.54, 1.807) is 23.1 Å². The van der Waals surface area contributed by atoms with Crippen LogP contribution in [0.15, 0.2) is 55.0 Å². The smallest absolute Gasteiger partial charge is 0.360 e. The van der Waals surface area contributed by atoms with Crippen LogP contribution in [0.2, 0.25) is 0 Å². The number of fused-ring (bicyclic) bond motifs is 1. The Bertz CT molecular complexity index is 1260. The van der Waals surface area contributed by atoms with E-state index in [9.17, 15) is 9.59 Å². The molecule has 0 saturated heterocycles. The van der Waals surface area contributed by atoms with E-state index in [1.165, 1.54) is 20.4 Å². The van der Waals surface area contributed by atoms with Gasteiger partial charge in [0.25, 0.3) is 5.91 Å². The Balaban J connectivity index is 1.70. The van der Waals surface area contributed by atoms with Crippen LogP contribution in [0.5, 0.6) is 5.88 Å². The maximum Gasteiger partial charge on any atom is 0.360 e. The second kappa shape index (κ2) is 8.57. The number of rotatable bonds is 6. The second-order valence-corrected chi connectivity index (χ2v) is 6.47. The van der Waals surface area contributed by atoms with E-state index in [0.717, 1.165) is 16.3 Å². The van der Waals surface area contributed by atoms with E-state index >= 15 is 0 Å². The number of carbonyl (C=O) groups is 2. The first-order valence-corrected chi connectivity index (χ1v) is 9.26. The SMILES string of the molecule is COC(=O)c1nc(OC)cnc1NC(=O)c1ccc(Cn2ccnn2)c2ccccc12. The zero-order valence-electron chi connectivity index (χ0n) is 16.8. The first-order chi connectivity index (χ1) is 15.1. The van der Waals surface area contributed by atoms with Crippen LogP contribution in [-0.2, 0) is 11.3 Å². The Morgan fingerprint density at radius 2 is 1.90 bits per heavy atom. The molecule has 0 bridgehead atoms. The summed E-state index contributed by atoms with van der Waals surface area (Å²) in [6.07, 6.45) is 4.69. The molecule has 0 saturated carbocycles. The molecular weight excluding hydrogens is 400 g/mol. The topological polar surface area (TPSA) is 121 Å². The average molecular weight is 418 g/mol. The Morgan fingerprint density at radius 3 is 2.61 bits per heavy atom. The molecule has 10 heteroatoms. The van der Waals surface area contributed by atoms with E-state index in [0.29, 0.717) is 12.1 Å². The largest absolute Gasteiger partial charge is 0.480 e. The van der Waals surface area contributed by atoms with Crippen molar-refractivity contribution in [1.29, 1.82) is 0 Å². The second-order valence-electron chi connectivity index (χ2n) is 6.47. The first kappa shape index (κ1) is 20.0. The summed E-state index contributed by atoms with van der Waals surface area (Å²) in [5.74, 6) is -1.07. The van der Waals surface area contributed by atoms with E-state index in [2.05, 4.69) is 25.6 Å². The van der Waals surface area contributed by atoms with Crippen LogP contribution in [0.3, 0.4) is 0 Å². The number of carbonyl (C=O) groups excluding carboxylic acids is 2. The summed E-state index contributed by atoms with van der Waals surface area (Å²) < 4.78 is 11.4. The monoisotopic (exact) mass is 418 g/mol. The van der Waals surface area contributed by atoms with E-state index in [1.807, 2.05) is 30.3 Å². The van der Waals surface area contributed by atoms with E-state index in [-0.39, 0.29) is 17.4 Å². The van der Waals surface area contributed by atoms with Crippen LogP contribution < -0.4 is 10.1 Å². The van der Waals surface area contributed by atoms with Gasteiger partial charge in [0.1, 0.15) is 0 Å². The summed E-state index contributed by atoms with van der Waals surface area (Å²) in [5.41, 5.74) is 1.26. The Hall–Kier alpha value is -4.34. The molecule has 1 amide bonds. The van der Waals surface area contributed by atoms with Crippen molar-refractivity contribution < 1.29 is 19.1 Å². The first-order valence-electron chi connectivity index (χ1n) is 9.26. The van der Waals surface area contributed by atoms with Gasteiger partial charge in [-0.25, -0.2) is 19.4 Å². The van der Waals surface area contributed by atoms with Crippen molar-refractivity contribution in [3.05, 3.63) is 71.8 Å². The highest BCUT2D eigenvalue weighted by Crippen LogP contribution is 2.25. The van der Waals surface area contributed by atoms with Crippen LogP contribution in [0.1, 0.15) is 26.4 Å². The number of nitrogens with zero attached hydrogens (tertiary/aromatic N) is 5. The number of amides is 1. The summed E-state index contributed by atoms with van der Waals surface area (Å²) in [6.45, 7) is 0.513. The Morgan fingerprint density at radius 1 is 1.10 bits per heavy atom. The van der Waals surface area contributed by atoms with Crippen molar-refractivity contribution in [2.24, 2.45) is 0 Å². The Labute approximate surface area is 176 Å². The molecule has 0 radical (unpaired) electrons. The number of hydrogen-bond donors (Lipinski definition) is 1. The number of esters is 1. The van der Waals surface area contributed by atoms with Gasteiger partial charge < -0.3 is 14.8 Å². The standard InChI is InChI=1S/C21H18N6O4/c1-30-17-11-22-19(18(24-17)21(29)31-2)25-20(28)16-8-7-13(12-27-10-9-23-26-27)14-5-3-4-6-15(14)16/h3-11H,12H2,1-2H3,(H,22,25,28). The summed E-state index contributed by atoms with van der Waals surface area (Å²) in [6, 6.07) is 11.1. The molecule has 0 aliphatic heterocycles. The molecule has 0 fully saturated rings. The minimum absolute atomic E-state index is 0.0200. The van der Waals surface area contributed by atoms with Crippen molar-refractivity contribution in [2.45, 2.75) is 6.54 Å². The summed E-state index contributed by atoms with van der Waals surface area (Å²) in [5, 5.41) is 12.1. The lowest BCUT2D eigenvalue weighted by molar-refractivity contribution is 0.0594. The van der Waals surface area contributed by atoms with Gasteiger partial charge in [0.05, 0.1) is 33.2 Å². The molecule has 2 aromatic carbocycles. The van der Waals surface area contributed by atoms with E-state index in [4.69, 9.17) is 9.47 Å². The minimum Gasteiger partial charge on any atom is -0.480 e. The average Bonchev–Trinajstić information content (AvgIpc) is 3.32. The number of methoxy groups -OCH3 is 2. The quantitative estimate of drug-likeness (QED) is 0.474. The molecule has 0 unspecified atom stereocenters. The maximum absolute atomic E-state index is 13.1. The summed E-state index contributed by atoms with van der Waals surface area (Å²) in [7, 11) is 2.62. The molecule has 2 aromatic heterocycles. The van der Waals surface area contributed by atoms with Gasteiger partial charge >= 0.3 is 5.97 Å². The van der Waals surface area contributed by atoms with Crippen LogP contribution in [-0.4, -0.2) is 51.1 Å². The van der Waals surface area contributed by atoms with Gasteiger partial charge in [-0.15, -0.1) is 5.10 Å². The van der Waals surface area contributed by atoms with Gasteiger partial charge in [-0.2, -0.15) is 0 Å². The number of hydrogen-bond acceptors (Lipinski definition) is 8. The highest BCUT2D eigenvalue weighted by Gasteiger charge is 2.21. The molecule has 1 N–H and O–H groups in total. The number of benzene rings is 2. The molecule has 0 aliphatic rings. The summed E-state index contributed by atoms with van der Waals surface area (Å²) >= 11 is 0. The predicted molar refractivity (Wildman–Crippen MR) is 111 cm³/mol. The molecule has 0 aliphatic carbocycles. The number of nitrogens with one attached hydrogen (secondary N) is 1. The molecule has 4 rings (SSSR count). The molecule has 31 heavy (non-hydrogen) atoms. The molecular formula is C21H18N6O4. The highest BCUT2D eigenvalue weighted by atomic mass is 16.5. The minimum atomic E-state index is -0.741. The van der Waals surface area contributed by atoms with Gasteiger partial charge in [-0.05, 0) is 22.4 Å². The third-order valence-electron chi connectivity index (χ3n) is 4.63. The predicted octanol–water partition coefficient (Wildman–Crippen LogP) is 2.32. The highest BCUT2D eigenvalue weighted by molar-refractivity contribution is 6.14. The normalized spacial score (nSPS) is 10.6. The fourth-order valence-corrected chi connectivity index (χ4v) is 3.17. The van der Waals surface area contributed by atoms with E-state index < -0.39 is 11.9 Å². The van der Waals surface area contributed by atoms with Crippen LogP contribution >= 0.6 is 0 Å². The fourth-order valence-electron chi connectivity index (χ4n) is 3.17.